The average Bonchev–Trinajstić information content (AvgIpc) is 3.29. The fraction of sp³-hybridized carbons (Fsp3) is 0.444. The Morgan fingerprint density at radius 3 is 2.85 bits per heavy atom. The van der Waals surface area contributed by atoms with Crippen LogP contribution in [0.3, 0.4) is 0 Å². The smallest absolute Gasteiger partial charge is 0.353 e. The Morgan fingerprint density at radius 2 is 2.11 bits per heavy atom. The highest BCUT2D eigenvalue weighted by molar-refractivity contribution is 7.10. The Labute approximate surface area is 157 Å². The minimum absolute atomic E-state index is 0.0154. The second-order valence-electron chi connectivity index (χ2n) is 6.84. The van der Waals surface area contributed by atoms with Crippen molar-refractivity contribution in [1.29, 1.82) is 0 Å². The van der Waals surface area contributed by atoms with Gasteiger partial charge in [0, 0.05) is 37.3 Å². The van der Waals surface area contributed by atoms with Crippen LogP contribution in [0.25, 0.3) is 0 Å². The van der Waals surface area contributed by atoms with Crippen LogP contribution in [0.2, 0.25) is 0 Å². The van der Waals surface area contributed by atoms with Crippen LogP contribution in [0.5, 0.6) is 0 Å². The molecule has 0 aliphatic carbocycles. The van der Waals surface area contributed by atoms with Crippen molar-refractivity contribution >= 4 is 23.1 Å². The summed E-state index contributed by atoms with van der Waals surface area (Å²) in [6, 6.07) is 2.49. The molecule has 4 nitrogen and oxygen atoms in total. The summed E-state index contributed by atoms with van der Waals surface area (Å²) >= 11 is 1.70. The van der Waals surface area contributed by atoms with Crippen molar-refractivity contribution in [3.05, 3.63) is 45.5 Å². The molecule has 2 aliphatic heterocycles. The number of hydrogen-bond acceptors (Lipinski definition) is 4. The van der Waals surface area contributed by atoms with E-state index in [-0.39, 0.29) is 24.2 Å². The van der Waals surface area contributed by atoms with E-state index in [1.165, 1.54) is 10.4 Å². The zero-order chi connectivity index (χ0) is 19.2. The number of halogens is 4. The molecule has 4 rings (SSSR count). The second-order valence-corrected chi connectivity index (χ2v) is 7.84. The third-order valence-electron chi connectivity index (χ3n) is 5.11. The largest absolute Gasteiger partial charge is 0.417 e. The fourth-order valence-corrected chi connectivity index (χ4v) is 4.56. The average molecular weight is 399 g/mol. The summed E-state index contributed by atoms with van der Waals surface area (Å²) < 4.78 is 52.1. The highest BCUT2D eigenvalue weighted by Crippen LogP contribution is 2.33. The number of anilines is 1. The van der Waals surface area contributed by atoms with Gasteiger partial charge in [-0.05, 0) is 35.9 Å². The first kappa shape index (κ1) is 18.2. The number of carbonyl (C=O) groups is 1. The van der Waals surface area contributed by atoms with Gasteiger partial charge in [0.25, 0.3) is 0 Å². The van der Waals surface area contributed by atoms with Crippen molar-refractivity contribution in [2.24, 2.45) is 5.92 Å². The van der Waals surface area contributed by atoms with E-state index in [1.54, 1.807) is 16.2 Å². The van der Waals surface area contributed by atoms with Gasteiger partial charge in [0.2, 0.25) is 5.91 Å². The van der Waals surface area contributed by atoms with Crippen molar-refractivity contribution in [3.8, 4) is 0 Å². The summed E-state index contributed by atoms with van der Waals surface area (Å²) in [5.74, 6) is -1.42. The van der Waals surface area contributed by atoms with Crippen LogP contribution in [-0.2, 0) is 23.9 Å². The van der Waals surface area contributed by atoms with E-state index in [0.717, 1.165) is 6.42 Å². The number of amides is 1. The molecule has 0 bridgehead atoms. The maximum atomic E-state index is 14.1. The number of alkyl halides is 3. The molecule has 4 heterocycles. The molecule has 1 fully saturated rings. The minimum Gasteiger partial charge on any atom is -0.353 e. The monoisotopic (exact) mass is 399 g/mol. The molecule has 1 atom stereocenters. The molecule has 1 unspecified atom stereocenters. The van der Waals surface area contributed by atoms with E-state index in [4.69, 9.17) is 0 Å². The van der Waals surface area contributed by atoms with Crippen molar-refractivity contribution in [1.82, 2.24) is 9.88 Å². The maximum Gasteiger partial charge on any atom is 0.417 e. The van der Waals surface area contributed by atoms with E-state index in [2.05, 4.69) is 4.98 Å². The Hall–Kier alpha value is -2.16. The highest BCUT2D eigenvalue weighted by atomic mass is 32.1. The van der Waals surface area contributed by atoms with E-state index < -0.39 is 17.6 Å². The van der Waals surface area contributed by atoms with Crippen molar-refractivity contribution in [2.75, 3.05) is 24.5 Å². The van der Waals surface area contributed by atoms with Gasteiger partial charge in [-0.15, -0.1) is 11.3 Å². The number of hydrogen-bond donors (Lipinski definition) is 0. The van der Waals surface area contributed by atoms with Gasteiger partial charge in [-0.25, -0.2) is 9.37 Å². The lowest BCUT2D eigenvalue weighted by Crippen LogP contribution is -2.40. The first-order valence-corrected chi connectivity index (χ1v) is 9.52. The standard InChI is InChI=1S/C18H17F4N3OS/c19-14-7-13(18(20,21)22)8-23-16(14)24-4-1-12(10-24)17(26)25-5-2-15-11(9-25)3-6-27-15/h3,6-8,12H,1-2,4-5,9-10H2. The van der Waals surface area contributed by atoms with Crippen molar-refractivity contribution < 1.29 is 22.4 Å². The second kappa shape index (κ2) is 6.78. The summed E-state index contributed by atoms with van der Waals surface area (Å²) in [4.78, 5) is 21.2. The van der Waals surface area contributed by atoms with Crippen LogP contribution in [0.4, 0.5) is 23.4 Å². The van der Waals surface area contributed by atoms with Gasteiger partial charge >= 0.3 is 6.18 Å². The van der Waals surface area contributed by atoms with Crippen LogP contribution in [0, 0.1) is 11.7 Å². The molecular weight excluding hydrogens is 382 g/mol. The molecular formula is C18H17F4N3OS. The number of nitrogens with zero attached hydrogens (tertiary/aromatic N) is 3. The molecule has 0 spiro atoms. The molecule has 2 aliphatic rings. The van der Waals surface area contributed by atoms with Crippen molar-refractivity contribution in [3.63, 3.8) is 0 Å². The van der Waals surface area contributed by atoms with Gasteiger partial charge in [-0.3, -0.25) is 4.79 Å². The molecule has 1 saturated heterocycles. The first-order valence-electron chi connectivity index (χ1n) is 8.64. The Balaban J connectivity index is 1.44. The third-order valence-corrected chi connectivity index (χ3v) is 6.13. The lowest BCUT2D eigenvalue weighted by molar-refractivity contribution is -0.138. The number of thiophene rings is 1. The Kier molecular flexibility index (Phi) is 4.57. The summed E-state index contributed by atoms with van der Waals surface area (Å²) in [5, 5.41) is 2.02. The predicted octanol–water partition coefficient (Wildman–Crippen LogP) is 3.71. The highest BCUT2D eigenvalue weighted by Gasteiger charge is 2.36. The van der Waals surface area contributed by atoms with Crippen LogP contribution < -0.4 is 4.90 Å². The molecule has 0 aromatic carbocycles. The summed E-state index contributed by atoms with van der Waals surface area (Å²) in [6.07, 6.45) is -2.63. The van der Waals surface area contributed by atoms with Crippen LogP contribution >= 0.6 is 11.3 Å². The van der Waals surface area contributed by atoms with Gasteiger partial charge in [-0.1, -0.05) is 0 Å². The Morgan fingerprint density at radius 1 is 1.30 bits per heavy atom. The molecule has 144 valence electrons. The quantitative estimate of drug-likeness (QED) is 0.723. The lowest BCUT2D eigenvalue weighted by Gasteiger charge is -2.29. The van der Waals surface area contributed by atoms with E-state index in [9.17, 15) is 22.4 Å². The normalized spacial score (nSPS) is 20.1. The first-order chi connectivity index (χ1) is 12.8. The maximum absolute atomic E-state index is 14.1. The molecule has 0 saturated carbocycles. The van der Waals surface area contributed by atoms with Crippen LogP contribution in [-0.4, -0.2) is 35.4 Å². The number of rotatable bonds is 2. The summed E-state index contributed by atoms with van der Waals surface area (Å²) in [7, 11) is 0. The SMILES string of the molecule is O=C(C1CCN(c2ncc(C(F)(F)F)cc2F)C1)N1CCc2sccc2C1. The predicted molar refractivity (Wildman–Crippen MR) is 93.0 cm³/mol. The minimum atomic E-state index is -4.63. The summed E-state index contributed by atoms with van der Waals surface area (Å²) in [6.45, 7) is 1.90. The third kappa shape index (κ3) is 3.52. The zero-order valence-corrected chi connectivity index (χ0v) is 15.1. The lowest BCUT2D eigenvalue weighted by atomic mass is 10.0. The Bertz CT molecular complexity index is 867. The van der Waals surface area contributed by atoms with Gasteiger partial charge < -0.3 is 9.80 Å². The van der Waals surface area contributed by atoms with E-state index >= 15 is 0 Å². The fourth-order valence-electron chi connectivity index (χ4n) is 3.67. The number of pyridine rings is 1. The van der Waals surface area contributed by atoms with Gasteiger partial charge in [0.05, 0.1) is 11.5 Å². The van der Waals surface area contributed by atoms with Gasteiger partial charge in [-0.2, -0.15) is 13.2 Å². The number of carbonyl (C=O) groups excluding carboxylic acids is 1. The van der Waals surface area contributed by atoms with E-state index in [0.29, 0.717) is 38.3 Å². The van der Waals surface area contributed by atoms with E-state index in [1.807, 2.05) is 16.3 Å². The number of fused-ring (bicyclic) bond motifs is 1. The molecule has 1 amide bonds. The van der Waals surface area contributed by atoms with Crippen LogP contribution in [0.15, 0.2) is 23.7 Å². The molecule has 0 radical (unpaired) electrons. The number of aromatic nitrogens is 1. The molecule has 9 heteroatoms. The molecule has 2 aromatic rings. The molecule has 0 N–H and O–H groups in total. The van der Waals surface area contributed by atoms with Crippen molar-refractivity contribution in [2.45, 2.75) is 25.6 Å². The molecule has 27 heavy (non-hydrogen) atoms. The van der Waals surface area contributed by atoms with Gasteiger partial charge in [0.1, 0.15) is 0 Å². The summed E-state index contributed by atoms with van der Waals surface area (Å²) in [5.41, 5.74) is 0.0559. The van der Waals surface area contributed by atoms with Crippen LogP contribution in [0.1, 0.15) is 22.4 Å². The molecule has 2 aromatic heterocycles. The van der Waals surface area contributed by atoms with Gasteiger partial charge in [0.15, 0.2) is 11.6 Å². The zero-order valence-electron chi connectivity index (χ0n) is 14.3. The topological polar surface area (TPSA) is 36.4 Å².